The van der Waals surface area contributed by atoms with Gasteiger partial charge >= 0.3 is 6.18 Å². The Morgan fingerprint density at radius 2 is 2.05 bits per heavy atom. The van der Waals surface area contributed by atoms with E-state index in [9.17, 15) is 18.0 Å². The summed E-state index contributed by atoms with van der Waals surface area (Å²) >= 11 is 3.10. The Hall–Kier alpha value is -1.24. The Labute approximate surface area is 130 Å². The molecule has 0 fully saturated rings. The van der Waals surface area contributed by atoms with Gasteiger partial charge in [0.2, 0.25) is 5.91 Å². The molecule has 2 N–H and O–H groups in total. The van der Waals surface area contributed by atoms with Gasteiger partial charge in [-0.3, -0.25) is 4.79 Å². The van der Waals surface area contributed by atoms with Crippen LogP contribution in [-0.4, -0.2) is 18.5 Å². The van der Waals surface area contributed by atoms with Crippen LogP contribution in [0.2, 0.25) is 0 Å². The van der Waals surface area contributed by atoms with Crippen molar-refractivity contribution in [2.45, 2.75) is 38.9 Å². The first-order valence-electron chi connectivity index (χ1n) is 6.64. The number of carbonyl (C=O) groups is 1. The van der Waals surface area contributed by atoms with Crippen molar-refractivity contribution >= 4 is 27.5 Å². The van der Waals surface area contributed by atoms with E-state index in [1.54, 1.807) is 0 Å². The number of amides is 1. The molecule has 7 heteroatoms. The second-order valence-electron chi connectivity index (χ2n) is 4.75. The van der Waals surface area contributed by atoms with Crippen molar-refractivity contribution in [3.63, 3.8) is 0 Å². The summed E-state index contributed by atoms with van der Waals surface area (Å²) in [6, 6.07) is 3.49. The van der Waals surface area contributed by atoms with E-state index >= 15 is 0 Å². The maximum atomic E-state index is 12.5. The zero-order valence-electron chi connectivity index (χ0n) is 11.9. The van der Waals surface area contributed by atoms with Crippen molar-refractivity contribution in [3.05, 3.63) is 28.2 Å². The Balaban J connectivity index is 2.51. The lowest BCUT2D eigenvalue weighted by Gasteiger charge is -2.13. The van der Waals surface area contributed by atoms with E-state index in [4.69, 9.17) is 0 Å². The first-order chi connectivity index (χ1) is 9.74. The van der Waals surface area contributed by atoms with Crippen LogP contribution in [0.1, 0.15) is 32.3 Å². The van der Waals surface area contributed by atoms with Gasteiger partial charge in [0, 0.05) is 29.2 Å². The molecule has 3 nitrogen and oxygen atoms in total. The number of hydrogen-bond donors (Lipinski definition) is 2. The normalized spacial score (nSPS) is 12.9. The summed E-state index contributed by atoms with van der Waals surface area (Å²) in [7, 11) is 0. The average Bonchev–Trinajstić information content (AvgIpc) is 2.39. The summed E-state index contributed by atoms with van der Waals surface area (Å²) in [5.74, 6) is -0.0834. The maximum absolute atomic E-state index is 12.5. The average molecular weight is 367 g/mol. The number of alkyl halides is 3. The number of hydrogen-bond acceptors (Lipinski definition) is 2. The van der Waals surface area contributed by atoms with E-state index in [1.165, 1.54) is 6.07 Å². The monoisotopic (exact) mass is 366 g/mol. The van der Waals surface area contributed by atoms with Gasteiger partial charge in [-0.25, -0.2) is 0 Å². The third-order valence-corrected chi connectivity index (χ3v) is 3.64. The summed E-state index contributed by atoms with van der Waals surface area (Å²) in [4.78, 5) is 11.6. The summed E-state index contributed by atoms with van der Waals surface area (Å²) in [5.41, 5.74) is -0.186. The highest BCUT2D eigenvalue weighted by Crippen LogP contribution is 2.33. The van der Waals surface area contributed by atoms with Crippen LogP contribution in [0.4, 0.5) is 18.9 Å². The molecule has 1 rings (SSSR count). The summed E-state index contributed by atoms with van der Waals surface area (Å²) in [6.07, 6.45) is -3.25. The second kappa shape index (κ2) is 7.68. The first-order valence-corrected chi connectivity index (χ1v) is 7.43. The van der Waals surface area contributed by atoms with Crippen LogP contribution in [0.15, 0.2) is 22.7 Å². The molecule has 1 aromatic carbocycles. The number of carbonyl (C=O) groups excluding carboxylic acids is 1. The molecule has 1 unspecified atom stereocenters. The zero-order chi connectivity index (χ0) is 16.0. The molecule has 118 valence electrons. The van der Waals surface area contributed by atoms with Crippen LogP contribution in [0, 0.1) is 0 Å². The minimum atomic E-state index is -4.36. The number of benzene rings is 1. The van der Waals surface area contributed by atoms with Crippen molar-refractivity contribution in [1.29, 1.82) is 0 Å². The molecule has 0 spiro atoms. The van der Waals surface area contributed by atoms with Crippen molar-refractivity contribution in [1.82, 2.24) is 5.32 Å². The molecule has 1 aromatic rings. The molecular weight excluding hydrogens is 349 g/mol. The van der Waals surface area contributed by atoms with E-state index in [2.05, 4.69) is 26.6 Å². The van der Waals surface area contributed by atoms with Crippen LogP contribution >= 0.6 is 15.9 Å². The standard InChI is InChI=1S/C14H18BrF3N2O/c1-3-9(2)20-13(21)6-7-19-12-5-4-10(8-11(12)15)14(16,17)18/h4-5,8-9,19H,3,6-7H2,1-2H3,(H,20,21). The minimum absolute atomic E-state index is 0.0834. The topological polar surface area (TPSA) is 41.1 Å². The van der Waals surface area contributed by atoms with E-state index in [0.29, 0.717) is 16.7 Å². The molecule has 1 atom stereocenters. The predicted molar refractivity (Wildman–Crippen MR) is 80.1 cm³/mol. The van der Waals surface area contributed by atoms with E-state index < -0.39 is 11.7 Å². The minimum Gasteiger partial charge on any atom is -0.384 e. The molecule has 0 saturated carbocycles. The van der Waals surface area contributed by atoms with Gasteiger partial charge in [0.1, 0.15) is 0 Å². The molecule has 0 radical (unpaired) electrons. The SMILES string of the molecule is CCC(C)NC(=O)CCNc1ccc(C(F)(F)F)cc1Br. The second-order valence-corrected chi connectivity index (χ2v) is 5.60. The van der Waals surface area contributed by atoms with E-state index in [-0.39, 0.29) is 18.4 Å². The molecule has 0 saturated heterocycles. The lowest BCUT2D eigenvalue weighted by atomic mass is 10.2. The van der Waals surface area contributed by atoms with Crippen LogP contribution in [-0.2, 0) is 11.0 Å². The maximum Gasteiger partial charge on any atom is 0.416 e. The smallest absolute Gasteiger partial charge is 0.384 e. The fourth-order valence-corrected chi connectivity index (χ4v) is 2.11. The van der Waals surface area contributed by atoms with Crippen LogP contribution in [0.5, 0.6) is 0 Å². The first kappa shape index (κ1) is 17.8. The number of nitrogens with one attached hydrogen (secondary N) is 2. The van der Waals surface area contributed by atoms with Gasteiger partial charge in [-0.15, -0.1) is 0 Å². The summed E-state index contributed by atoms with van der Waals surface area (Å²) < 4.78 is 37.9. The van der Waals surface area contributed by atoms with Gasteiger partial charge < -0.3 is 10.6 Å². The molecule has 0 aromatic heterocycles. The highest BCUT2D eigenvalue weighted by Gasteiger charge is 2.30. The van der Waals surface area contributed by atoms with Gasteiger partial charge in [0.05, 0.1) is 5.56 Å². The quantitative estimate of drug-likeness (QED) is 0.792. The number of rotatable bonds is 6. The molecule has 0 heterocycles. The van der Waals surface area contributed by atoms with E-state index in [1.807, 2.05) is 13.8 Å². The van der Waals surface area contributed by atoms with Gasteiger partial charge in [-0.05, 0) is 47.5 Å². The zero-order valence-corrected chi connectivity index (χ0v) is 13.4. The fraction of sp³-hybridized carbons (Fsp3) is 0.500. The van der Waals surface area contributed by atoms with E-state index in [0.717, 1.165) is 18.6 Å². The Bertz CT molecular complexity index is 492. The number of anilines is 1. The molecule has 1 amide bonds. The number of halogens is 4. The Kier molecular flexibility index (Phi) is 6.51. The van der Waals surface area contributed by atoms with Crippen molar-refractivity contribution in [3.8, 4) is 0 Å². The lowest BCUT2D eigenvalue weighted by molar-refractivity contribution is -0.137. The van der Waals surface area contributed by atoms with Crippen molar-refractivity contribution in [2.24, 2.45) is 0 Å². The summed E-state index contributed by atoms with van der Waals surface area (Å²) in [5, 5.41) is 5.76. The Morgan fingerprint density at radius 1 is 1.38 bits per heavy atom. The van der Waals surface area contributed by atoms with Crippen LogP contribution in [0.25, 0.3) is 0 Å². The largest absolute Gasteiger partial charge is 0.416 e. The van der Waals surface area contributed by atoms with Crippen molar-refractivity contribution < 1.29 is 18.0 Å². The van der Waals surface area contributed by atoms with Gasteiger partial charge in [-0.2, -0.15) is 13.2 Å². The molecule has 0 aliphatic rings. The van der Waals surface area contributed by atoms with Gasteiger partial charge in [-0.1, -0.05) is 6.92 Å². The lowest BCUT2D eigenvalue weighted by Crippen LogP contribution is -2.32. The summed E-state index contributed by atoms with van der Waals surface area (Å²) in [6.45, 7) is 4.24. The molecule has 0 aliphatic heterocycles. The molecular formula is C14H18BrF3N2O. The highest BCUT2D eigenvalue weighted by atomic mass is 79.9. The van der Waals surface area contributed by atoms with Gasteiger partial charge in [0.15, 0.2) is 0 Å². The van der Waals surface area contributed by atoms with Crippen LogP contribution < -0.4 is 10.6 Å². The molecule has 0 bridgehead atoms. The van der Waals surface area contributed by atoms with Gasteiger partial charge in [0.25, 0.3) is 0 Å². The molecule has 0 aliphatic carbocycles. The van der Waals surface area contributed by atoms with Crippen LogP contribution in [0.3, 0.4) is 0 Å². The molecule has 21 heavy (non-hydrogen) atoms. The third kappa shape index (κ3) is 5.95. The van der Waals surface area contributed by atoms with Crippen molar-refractivity contribution in [2.75, 3.05) is 11.9 Å². The third-order valence-electron chi connectivity index (χ3n) is 2.98. The Morgan fingerprint density at radius 3 is 2.57 bits per heavy atom. The fourth-order valence-electron chi connectivity index (χ4n) is 1.59. The highest BCUT2D eigenvalue weighted by molar-refractivity contribution is 9.10. The predicted octanol–water partition coefficient (Wildman–Crippen LogP) is 4.18.